The van der Waals surface area contributed by atoms with Gasteiger partial charge in [-0.1, -0.05) is 0 Å². The lowest BCUT2D eigenvalue weighted by Gasteiger charge is -2.40. The molecule has 1 aromatic heterocycles. The molecule has 0 aromatic carbocycles. The number of hydrogen-bond donors (Lipinski definition) is 1. The van der Waals surface area contributed by atoms with Gasteiger partial charge < -0.3 is 10.5 Å². The van der Waals surface area contributed by atoms with Crippen LogP contribution in [0.1, 0.15) is 31.4 Å². The van der Waals surface area contributed by atoms with E-state index in [1.807, 2.05) is 19.4 Å². The van der Waals surface area contributed by atoms with Crippen LogP contribution in [0.4, 0.5) is 0 Å². The molecule has 1 aromatic rings. The quantitative estimate of drug-likeness (QED) is 0.866. The molecule has 2 unspecified atom stereocenters. The summed E-state index contributed by atoms with van der Waals surface area (Å²) in [5, 5.41) is 4.17. The molecule has 5 nitrogen and oxygen atoms in total. The van der Waals surface area contributed by atoms with Crippen molar-refractivity contribution in [2.45, 2.75) is 31.4 Å². The van der Waals surface area contributed by atoms with Gasteiger partial charge in [0.25, 0.3) is 0 Å². The first-order chi connectivity index (χ1) is 8.52. The average Bonchev–Trinajstić information content (AvgIpc) is 2.76. The molecular weight excluding hydrogens is 228 g/mol. The second kappa shape index (κ2) is 5.38. The summed E-state index contributed by atoms with van der Waals surface area (Å²) in [5.74, 6) is 0. The minimum Gasteiger partial charge on any atom is -0.377 e. The van der Waals surface area contributed by atoms with Crippen LogP contribution < -0.4 is 5.73 Å². The normalized spacial score (nSPS) is 27.3. The van der Waals surface area contributed by atoms with Gasteiger partial charge >= 0.3 is 0 Å². The molecule has 2 heterocycles. The fourth-order valence-corrected chi connectivity index (χ4v) is 2.65. The van der Waals surface area contributed by atoms with Crippen LogP contribution in [0.2, 0.25) is 0 Å². The molecule has 0 saturated carbocycles. The standard InChI is InChI=1S/C13H24N4O/c1-13(18-3)5-4-6-17(10-13)9-12(14)11-7-15-16(2)8-11/h7-8,12H,4-6,9-10,14H2,1-3H3. The molecule has 0 radical (unpaired) electrons. The first-order valence-electron chi connectivity index (χ1n) is 6.54. The van der Waals surface area contributed by atoms with E-state index in [0.717, 1.165) is 31.6 Å². The Balaban J connectivity index is 1.93. The lowest BCUT2D eigenvalue weighted by molar-refractivity contribution is -0.0516. The van der Waals surface area contributed by atoms with Gasteiger partial charge in [-0.3, -0.25) is 9.58 Å². The predicted molar refractivity (Wildman–Crippen MR) is 71.2 cm³/mol. The number of aryl methyl sites for hydroxylation is 1. The second-order valence-corrected chi connectivity index (χ2v) is 5.55. The van der Waals surface area contributed by atoms with Crippen molar-refractivity contribution in [1.29, 1.82) is 0 Å². The summed E-state index contributed by atoms with van der Waals surface area (Å²) in [4.78, 5) is 2.39. The van der Waals surface area contributed by atoms with Gasteiger partial charge in [-0.15, -0.1) is 0 Å². The van der Waals surface area contributed by atoms with E-state index in [1.54, 1.807) is 11.8 Å². The van der Waals surface area contributed by atoms with Crippen molar-refractivity contribution in [3.8, 4) is 0 Å². The largest absolute Gasteiger partial charge is 0.377 e. The number of hydrogen-bond acceptors (Lipinski definition) is 4. The Kier molecular flexibility index (Phi) is 4.04. The predicted octanol–water partition coefficient (Wildman–Crippen LogP) is 0.921. The lowest BCUT2D eigenvalue weighted by Crippen LogP contribution is -2.49. The Morgan fingerprint density at radius 1 is 1.61 bits per heavy atom. The first kappa shape index (κ1) is 13.5. The zero-order chi connectivity index (χ0) is 13.2. The van der Waals surface area contributed by atoms with E-state index in [4.69, 9.17) is 10.5 Å². The Morgan fingerprint density at radius 2 is 2.39 bits per heavy atom. The molecule has 0 bridgehead atoms. The fraction of sp³-hybridized carbons (Fsp3) is 0.769. The van der Waals surface area contributed by atoms with Gasteiger partial charge in [0, 0.05) is 45.0 Å². The number of aromatic nitrogens is 2. The van der Waals surface area contributed by atoms with Gasteiger partial charge in [0.1, 0.15) is 0 Å². The van der Waals surface area contributed by atoms with Crippen molar-refractivity contribution in [1.82, 2.24) is 14.7 Å². The van der Waals surface area contributed by atoms with Crippen LogP contribution >= 0.6 is 0 Å². The molecule has 0 spiro atoms. The van der Waals surface area contributed by atoms with Crippen molar-refractivity contribution in [2.75, 3.05) is 26.7 Å². The van der Waals surface area contributed by atoms with Crippen LogP contribution in [-0.2, 0) is 11.8 Å². The Morgan fingerprint density at radius 3 is 3.00 bits per heavy atom. The van der Waals surface area contributed by atoms with Crippen molar-refractivity contribution in [2.24, 2.45) is 12.8 Å². The molecule has 18 heavy (non-hydrogen) atoms. The topological polar surface area (TPSA) is 56.3 Å². The summed E-state index contributed by atoms with van der Waals surface area (Å²) in [6.07, 6.45) is 6.14. The molecule has 1 aliphatic rings. The van der Waals surface area contributed by atoms with Gasteiger partial charge in [0.05, 0.1) is 11.8 Å². The number of likely N-dealkylation sites (tertiary alicyclic amines) is 1. The third-order valence-electron chi connectivity index (χ3n) is 3.84. The highest BCUT2D eigenvalue weighted by Crippen LogP contribution is 2.25. The number of ether oxygens (including phenoxy) is 1. The molecule has 102 valence electrons. The Labute approximate surface area is 109 Å². The summed E-state index contributed by atoms with van der Waals surface area (Å²) in [7, 11) is 3.71. The van der Waals surface area contributed by atoms with Crippen LogP contribution in [0.25, 0.3) is 0 Å². The summed E-state index contributed by atoms with van der Waals surface area (Å²) < 4.78 is 7.40. The molecule has 2 rings (SSSR count). The number of methoxy groups -OCH3 is 1. The number of piperidine rings is 1. The van der Waals surface area contributed by atoms with Gasteiger partial charge in [0.2, 0.25) is 0 Å². The van der Waals surface area contributed by atoms with E-state index in [0.29, 0.717) is 0 Å². The van der Waals surface area contributed by atoms with Gasteiger partial charge in [-0.05, 0) is 26.3 Å². The third-order valence-corrected chi connectivity index (χ3v) is 3.84. The summed E-state index contributed by atoms with van der Waals surface area (Å²) in [5.41, 5.74) is 7.31. The molecule has 0 aliphatic carbocycles. The van der Waals surface area contributed by atoms with Crippen molar-refractivity contribution < 1.29 is 4.74 Å². The smallest absolute Gasteiger partial charge is 0.0777 e. The van der Waals surface area contributed by atoms with Crippen LogP contribution in [0.5, 0.6) is 0 Å². The molecular formula is C13H24N4O. The molecule has 2 N–H and O–H groups in total. The van der Waals surface area contributed by atoms with E-state index in [9.17, 15) is 0 Å². The highest BCUT2D eigenvalue weighted by molar-refractivity contribution is 5.10. The maximum absolute atomic E-state index is 6.23. The monoisotopic (exact) mass is 252 g/mol. The van der Waals surface area contributed by atoms with Crippen molar-refractivity contribution in [3.05, 3.63) is 18.0 Å². The average molecular weight is 252 g/mol. The fourth-order valence-electron chi connectivity index (χ4n) is 2.65. The van der Waals surface area contributed by atoms with E-state index in [-0.39, 0.29) is 11.6 Å². The summed E-state index contributed by atoms with van der Waals surface area (Å²) in [6, 6.07) is 0.0258. The molecule has 0 amide bonds. The molecule has 1 fully saturated rings. The van der Waals surface area contributed by atoms with Gasteiger partial charge in [0.15, 0.2) is 0 Å². The maximum Gasteiger partial charge on any atom is 0.0777 e. The molecule has 5 heteroatoms. The zero-order valence-corrected chi connectivity index (χ0v) is 11.6. The maximum atomic E-state index is 6.23. The lowest BCUT2D eigenvalue weighted by atomic mass is 9.94. The summed E-state index contributed by atoms with van der Waals surface area (Å²) in [6.45, 7) is 5.10. The van der Waals surface area contributed by atoms with E-state index < -0.39 is 0 Å². The number of rotatable bonds is 4. The number of nitrogens with zero attached hydrogens (tertiary/aromatic N) is 3. The Bertz CT molecular complexity index is 392. The first-order valence-corrected chi connectivity index (χ1v) is 6.54. The van der Waals surface area contributed by atoms with Crippen molar-refractivity contribution >= 4 is 0 Å². The van der Waals surface area contributed by atoms with Crippen LogP contribution in [0, 0.1) is 0 Å². The zero-order valence-electron chi connectivity index (χ0n) is 11.6. The SMILES string of the molecule is COC1(C)CCCN(CC(N)c2cnn(C)c2)C1. The van der Waals surface area contributed by atoms with E-state index in [2.05, 4.69) is 16.9 Å². The highest BCUT2D eigenvalue weighted by atomic mass is 16.5. The minimum atomic E-state index is -0.0209. The summed E-state index contributed by atoms with van der Waals surface area (Å²) >= 11 is 0. The van der Waals surface area contributed by atoms with Gasteiger partial charge in [-0.25, -0.2) is 0 Å². The van der Waals surface area contributed by atoms with Gasteiger partial charge in [-0.2, -0.15) is 5.10 Å². The van der Waals surface area contributed by atoms with Crippen LogP contribution in [-0.4, -0.2) is 47.0 Å². The van der Waals surface area contributed by atoms with Crippen molar-refractivity contribution in [3.63, 3.8) is 0 Å². The van der Waals surface area contributed by atoms with E-state index in [1.165, 1.54) is 6.42 Å². The highest BCUT2D eigenvalue weighted by Gasteiger charge is 2.31. The van der Waals surface area contributed by atoms with Crippen LogP contribution in [0.3, 0.4) is 0 Å². The molecule has 2 atom stereocenters. The molecule has 1 saturated heterocycles. The number of nitrogens with two attached hydrogens (primary N) is 1. The third kappa shape index (κ3) is 3.10. The van der Waals surface area contributed by atoms with Crippen LogP contribution in [0.15, 0.2) is 12.4 Å². The Hall–Kier alpha value is -0.910. The second-order valence-electron chi connectivity index (χ2n) is 5.55. The molecule has 1 aliphatic heterocycles. The minimum absolute atomic E-state index is 0.0209. The van der Waals surface area contributed by atoms with E-state index >= 15 is 0 Å².